The van der Waals surface area contributed by atoms with E-state index in [1.807, 2.05) is 38.1 Å². The first-order chi connectivity index (χ1) is 16.7. The largest absolute Gasteiger partial charge is 0.364 e. The highest BCUT2D eigenvalue weighted by Crippen LogP contribution is 2.27. The zero-order chi connectivity index (χ0) is 25.1. The number of halogens is 2. The Kier molecular flexibility index (Phi) is 7.33. The van der Waals surface area contributed by atoms with Crippen molar-refractivity contribution in [3.63, 3.8) is 0 Å². The maximum absolute atomic E-state index is 13.0. The highest BCUT2D eigenvalue weighted by Gasteiger charge is 2.20. The zero-order valence-corrected chi connectivity index (χ0v) is 20.8. The molecule has 0 saturated carbocycles. The van der Waals surface area contributed by atoms with Crippen molar-refractivity contribution in [1.29, 1.82) is 0 Å². The number of nitrogens with two attached hydrogens (primary N) is 1. The van der Waals surface area contributed by atoms with E-state index in [9.17, 15) is 9.59 Å². The summed E-state index contributed by atoms with van der Waals surface area (Å²) in [5, 5.41) is 3.98. The highest BCUT2D eigenvalue weighted by molar-refractivity contribution is 6.42. The topological polar surface area (TPSA) is 115 Å². The molecule has 10 heteroatoms. The van der Waals surface area contributed by atoms with Crippen molar-refractivity contribution in [1.82, 2.24) is 24.7 Å². The van der Waals surface area contributed by atoms with Crippen LogP contribution in [0.15, 0.2) is 48.9 Å². The number of aryl methyl sites for hydroxylation is 2. The average molecular weight is 511 g/mol. The second kappa shape index (κ2) is 10.4. The quantitative estimate of drug-likeness (QED) is 0.368. The van der Waals surface area contributed by atoms with Crippen LogP contribution in [0.1, 0.15) is 51.2 Å². The molecule has 0 bridgehead atoms. The number of nitrogens with zero attached hydrogens (tertiary/aromatic N) is 4. The van der Waals surface area contributed by atoms with Crippen molar-refractivity contribution in [2.75, 3.05) is 0 Å². The molecule has 0 aliphatic rings. The molecule has 8 nitrogen and oxygen atoms in total. The summed E-state index contributed by atoms with van der Waals surface area (Å²) in [5.74, 6) is -0.758. The Hall–Kier alpha value is -3.49. The molecule has 35 heavy (non-hydrogen) atoms. The first kappa shape index (κ1) is 24.6. The second-order valence-electron chi connectivity index (χ2n) is 8.23. The molecule has 1 atom stereocenters. The van der Waals surface area contributed by atoms with E-state index in [-0.39, 0.29) is 24.1 Å². The minimum atomic E-state index is -0.632. The molecule has 0 saturated heterocycles. The molecular weight excluding hydrogens is 487 g/mol. The molecule has 0 radical (unpaired) electrons. The van der Waals surface area contributed by atoms with E-state index in [2.05, 4.69) is 20.3 Å². The van der Waals surface area contributed by atoms with Crippen molar-refractivity contribution in [2.45, 2.75) is 39.2 Å². The lowest BCUT2D eigenvalue weighted by Crippen LogP contribution is -2.30. The number of primary amides is 1. The molecule has 4 rings (SSSR count). The Morgan fingerprint density at radius 3 is 2.60 bits per heavy atom. The number of aromatic nitrogens is 4. The van der Waals surface area contributed by atoms with Crippen molar-refractivity contribution in [2.24, 2.45) is 5.73 Å². The Labute approximate surface area is 212 Å². The van der Waals surface area contributed by atoms with Crippen LogP contribution in [-0.2, 0) is 17.6 Å². The number of rotatable bonds is 8. The van der Waals surface area contributed by atoms with Crippen LogP contribution in [0.3, 0.4) is 0 Å². The number of pyridine rings is 1. The van der Waals surface area contributed by atoms with Gasteiger partial charge < -0.3 is 11.1 Å². The number of hydrogen-bond acceptors (Lipinski definition) is 5. The van der Waals surface area contributed by atoms with Gasteiger partial charge in [0.05, 0.1) is 16.1 Å². The van der Waals surface area contributed by atoms with Crippen molar-refractivity contribution < 1.29 is 9.59 Å². The van der Waals surface area contributed by atoms with Crippen molar-refractivity contribution >= 4 is 40.7 Å². The highest BCUT2D eigenvalue weighted by atomic mass is 35.5. The SMILES string of the molecule is Cc1nc2c(C(N)=O)ncn2c(C)c1CCC(=O)NC(Cc1ccccn1)c1ccc(Cl)c(Cl)c1. The lowest BCUT2D eigenvalue weighted by molar-refractivity contribution is -0.121. The Bertz CT molecular complexity index is 1400. The van der Waals surface area contributed by atoms with Crippen molar-refractivity contribution in [3.8, 4) is 0 Å². The van der Waals surface area contributed by atoms with Crippen LogP contribution < -0.4 is 11.1 Å². The van der Waals surface area contributed by atoms with Crippen molar-refractivity contribution in [3.05, 3.63) is 92.9 Å². The third-order valence-corrected chi connectivity index (χ3v) is 6.65. The number of imidazole rings is 1. The second-order valence-corrected chi connectivity index (χ2v) is 9.05. The van der Waals surface area contributed by atoms with Gasteiger partial charge in [-0.05, 0) is 55.7 Å². The minimum absolute atomic E-state index is 0.125. The number of amides is 2. The molecule has 0 spiro atoms. The van der Waals surface area contributed by atoms with Gasteiger partial charge in [0.15, 0.2) is 11.3 Å². The summed E-state index contributed by atoms with van der Waals surface area (Å²) in [6, 6.07) is 10.7. The van der Waals surface area contributed by atoms with E-state index >= 15 is 0 Å². The molecule has 180 valence electrons. The maximum atomic E-state index is 13.0. The third kappa shape index (κ3) is 5.44. The van der Waals surface area contributed by atoms with E-state index in [1.165, 1.54) is 6.33 Å². The Morgan fingerprint density at radius 2 is 1.91 bits per heavy atom. The molecule has 3 heterocycles. The summed E-state index contributed by atoms with van der Waals surface area (Å²) in [6.07, 6.45) is 4.45. The Balaban J connectivity index is 1.53. The van der Waals surface area contributed by atoms with Crippen LogP contribution in [0.25, 0.3) is 5.65 Å². The van der Waals surface area contributed by atoms with Gasteiger partial charge in [-0.2, -0.15) is 0 Å². The van der Waals surface area contributed by atoms with E-state index in [0.717, 1.165) is 28.2 Å². The predicted octanol–water partition coefficient (Wildman–Crippen LogP) is 4.18. The molecule has 4 aromatic rings. The van der Waals surface area contributed by atoms with E-state index in [1.54, 1.807) is 22.7 Å². The molecule has 0 aliphatic heterocycles. The fraction of sp³-hybridized carbons (Fsp3) is 0.240. The first-order valence-electron chi connectivity index (χ1n) is 11.0. The molecule has 2 amide bonds. The monoisotopic (exact) mass is 510 g/mol. The summed E-state index contributed by atoms with van der Waals surface area (Å²) in [4.78, 5) is 37.6. The van der Waals surface area contributed by atoms with Crippen LogP contribution in [0.4, 0.5) is 0 Å². The number of carbonyl (C=O) groups is 2. The Morgan fingerprint density at radius 1 is 1.11 bits per heavy atom. The molecule has 0 aliphatic carbocycles. The van der Waals surface area contributed by atoms with Gasteiger partial charge in [0.2, 0.25) is 5.91 Å². The lowest BCUT2D eigenvalue weighted by atomic mass is 10.0. The van der Waals surface area contributed by atoms with Crippen LogP contribution in [0.5, 0.6) is 0 Å². The van der Waals surface area contributed by atoms with E-state index < -0.39 is 5.91 Å². The smallest absolute Gasteiger partial charge is 0.271 e. The van der Waals surface area contributed by atoms with Gasteiger partial charge in [0, 0.05) is 36.1 Å². The lowest BCUT2D eigenvalue weighted by Gasteiger charge is -2.20. The summed E-state index contributed by atoms with van der Waals surface area (Å²) in [6.45, 7) is 3.75. The zero-order valence-electron chi connectivity index (χ0n) is 19.3. The fourth-order valence-corrected chi connectivity index (χ4v) is 4.38. The molecule has 3 aromatic heterocycles. The predicted molar refractivity (Wildman–Crippen MR) is 135 cm³/mol. The van der Waals surface area contributed by atoms with Gasteiger partial charge in [-0.15, -0.1) is 0 Å². The van der Waals surface area contributed by atoms with Gasteiger partial charge in [-0.3, -0.25) is 19.0 Å². The van der Waals surface area contributed by atoms with E-state index in [0.29, 0.717) is 28.5 Å². The van der Waals surface area contributed by atoms with Crippen LogP contribution >= 0.6 is 23.2 Å². The summed E-state index contributed by atoms with van der Waals surface area (Å²) >= 11 is 12.3. The standard InChI is InChI=1S/C25H24Cl2N6O2/c1-14-18(15(2)33-13-30-23(24(28)35)25(33)31-14)7-9-22(34)32-21(12-17-5-3-4-10-29-17)16-6-8-19(26)20(27)11-16/h3-6,8,10-11,13,21H,7,9,12H2,1-2H3,(H2,28,35)(H,32,34). The normalized spacial score (nSPS) is 12.0. The number of fused-ring (bicyclic) bond motifs is 1. The average Bonchev–Trinajstić information content (AvgIpc) is 3.25. The molecule has 0 fully saturated rings. The maximum Gasteiger partial charge on any atom is 0.271 e. The summed E-state index contributed by atoms with van der Waals surface area (Å²) in [5.41, 5.74) is 10.1. The molecule has 1 aromatic carbocycles. The molecule has 1 unspecified atom stereocenters. The van der Waals surface area contributed by atoms with Gasteiger partial charge in [-0.25, -0.2) is 9.97 Å². The van der Waals surface area contributed by atoms with Crippen LogP contribution in [0, 0.1) is 13.8 Å². The van der Waals surface area contributed by atoms with Gasteiger partial charge in [0.25, 0.3) is 5.91 Å². The minimum Gasteiger partial charge on any atom is -0.364 e. The number of nitrogens with one attached hydrogen (secondary N) is 1. The van der Waals surface area contributed by atoms with Gasteiger partial charge >= 0.3 is 0 Å². The van der Waals surface area contributed by atoms with Gasteiger partial charge in [0.1, 0.15) is 6.33 Å². The van der Waals surface area contributed by atoms with E-state index in [4.69, 9.17) is 28.9 Å². The number of carbonyl (C=O) groups excluding carboxylic acids is 2. The molecular formula is C25H24Cl2N6O2. The molecule has 3 N–H and O–H groups in total. The fourth-order valence-electron chi connectivity index (χ4n) is 4.08. The van der Waals surface area contributed by atoms with Crippen LogP contribution in [0.2, 0.25) is 10.0 Å². The summed E-state index contributed by atoms with van der Waals surface area (Å²) in [7, 11) is 0. The van der Waals surface area contributed by atoms with Crippen LogP contribution in [-0.4, -0.2) is 31.2 Å². The first-order valence-corrected chi connectivity index (χ1v) is 11.8. The number of benzene rings is 1. The number of hydrogen-bond donors (Lipinski definition) is 2. The van der Waals surface area contributed by atoms with Gasteiger partial charge in [-0.1, -0.05) is 35.3 Å². The summed E-state index contributed by atoms with van der Waals surface area (Å²) < 4.78 is 1.72. The third-order valence-electron chi connectivity index (χ3n) is 5.91.